The molecule has 0 aliphatic heterocycles. The van der Waals surface area contributed by atoms with Gasteiger partial charge in [0, 0.05) is 4.47 Å². The summed E-state index contributed by atoms with van der Waals surface area (Å²) in [4.78, 5) is 11.0. The Morgan fingerprint density at radius 3 is 2.56 bits per heavy atom. The zero-order chi connectivity index (χ0) is 12.3. The van der Waals surface area contributed by atoms with Gasteiger partial charge in [-0.25, -0.2) is 4.39 Å². The van der Waals surface area contributed by atoms with E-state index in [0.717, 1.165) is 5.56 Å². The van der Waals surface area contributed by atoms with Crippen molar-refractivity contribution in [2.75, 3.05) is 0 Å². The predicted octanol–water partition coefficient (Wildman–Crippen LogP) is 3.57. The summed E-state index contributed by atoms with van der Waals surface area (Å²) < 4.78 is 13.1. The van der Waals surface area contributed by atoms with Crippen molar-refractivity contribution in [2.45, 2.75) is 26.9 Å². The Balaban J connectivity index is 2.91. The molecule has 0 bridgehead atoms. The van der Waals surface area contributed by atoms with E-state index in [1.54, 1.807) is 32.0 Å². The fourth-order valence-electron chi connectivity index (χ4n) is 1.40. The fraction of sp³-hybridized carbons (Fsp3) is 0.417. The summed E-state index contributed by atoms with van der Waals surface area (Å²) in [5.74, 6) is -0.835. The van der Waals surface area contributed by atoms with Crippen molar-refractivity contribution in [1.82, 2.24) is 0 Å². The average Bonchev–Trinajstić information content (AvgIpc) is 2.17. The lowest BCUT2D eigenvalue weighted by Gasteiger charge is -2.19. The van der Waals surface area contributed by atoms with Gasteiger partial charge in [0.25, 0.3) is 0 Å². The van der Waals surface area contributed by atoms with Crippen LogP contribution in [0.4, 0.5) is 4.39 Å². The molecule has 0 fully saturated rings. The maximum absolute atomic E-state index is 12.5. The smallest absolute Gasteiger partial charge is 0.309 e. The molecule has 0 heterocycles. The van der Waals surface area contributed by atoms with Gasteiger partial charge in [-0.05, 0) is 37.5 Å². The highest BCUT2D eigenvalue weighted by Crippen LogP contribution is 2.26. The molecule has 16 heavy (non-hydrogen) atoms. The van der Waals surface area contributed by atoms with Crippen LogP contribution in [0.3, 0.4) is 0 Å². The van der Waals surface area contributed by atoms with Crippen LogP contribution in [-0.4, -0.2) is 11.1 Å². The molecule has 0 aromatic heterocycles. The highest BCUT2D eigenvalue weighted by atomic mass is 79.9. The Kier molecular flexibility index (Phi) is 4.08. The monoisotopic (exact) mass is 288 g/mol. The molecule has 0 amide bonds. The van der Waals surface area contributed by atoms with E-state index < -0.39 is 18.1 Å². The summed E-state index contributed by atoms with van der Waals surface area (Å²) in [6.07, 6.45) is 0.424. The van der Waals surface area contributed by atoms with E-state index >= 15 is 0 Å². The number of benzene rings is 1. The average molecular weight is 289 g/mol. The van der Waals surface area contributed by atoms with Gasteiger partial charge in [0.05, 0.1) is 5.41 Å². The van der Waals surface area contributed by atoms with Crippen LogP contribution in [0.1, 0.15) is 25.0 Å². The third-order valence-electron chi connectivity index (χ3n) is 2.49. The Bertz CT molecular complexity index is 402. The topological polar surface area (TPSA) is 37.3 Å². The summed E-state index contributed by atoms with van der Waals surface area (Å²) in [5, 5.41) is 9.00. The third kappa shape index (κ3) is 3.04. The molecule has 0 saturated heterocycles. The second kappa shape index (κ2) is 4.95. The van der Waals surface area contributed by atoms with Crippen LogP contribution in [0.25, 0.3) is 0 Å². The molecular formula is C12H14BrFO2. The van der Waals surface area contributed by atoms with Gasteiger partial charge in [0.1, 0.15) is 6.67 Å². The number of hydrogen-bond donors (Lipinski definition) is 1. The van der Waals surface area contributed by atoms with E-state index in [-0.39, 0.29) is 0 Å². The number of carboxylic acids is 1. The Morgan fingerprint density at radius 2 is 2.12 bits per heavy atom. The lowest BCUT2D eigenvalue weighted by Crippen LogP contribution is -2.26. The first kappa shape index (κ1) is 13.2. The summed E-state index contributed by atoms with van der Waals surface area (Å²) in [7, 11) is 0. The quantitative estimate of drug-likeness (QED) is 0.920. The zero-order valence-corrected chi connectivity index (χ0v) is 10.8. The normalized spacial score (nSPS) is 11.5. The number of carboxylic acid groups (broad SMARTS) is 1. The first-order chi connectivity index (χ1) is 7.36. The van der Waals surface area contributed by atoms with Crippen LogP contribution in [0, 0.1) is 5.41 Å². The number of aliphatic carboxylic acids is 1. The highest BCUT2D eigenvalue weighted by Gasteiger charge is 2.27. The maximum atomic E-state index is 12.5. The lowest BCUT2D eigenvalue weighted by molar-refractivity contribution is -0.146. The van der Waals surface area contributed by atoms with Crippen LogP contribution in [0.5, 0.6) is 0 Å². The first-order valence-corrected chi connectivity index (χ1v) is 5.73. The third-order valence-corrected chi connectivity index (χ3v) is 3.22. The lowest BCUT2D eigenvalue weighted by atomic mass is 9.86. The van der Waals surface area contributed by atoms with E-state index in [2.05, 4.69) is 15.9 Å². The van der Waals surface area contributed by atoms with Crippen molar-refractivity contribution >= 4 is 21.9 Å². The molecule has 1 aromatic rings. The Morgan fingerprint density at radius 1 is 1.50 bits per heavy atom. The Hall–Kier alpha value is -0.900. The van der Waals surface area contributed by atoms with Gasteiger partial charge in [-0.2, -0.15) is 0 Å². The maximum Gasteiger partial charge on any atom is 0.309 e. The van der Waals surface area contributed by atoms with E-state index in [4.69, 9.17) is 5.11 Å². The standard InChI is InChI=1S/C12H14BrFO2/c1-12(2,11(15)16)6-8-3-4-9(7-14)10(13)5-8/h3-5H,6-7H2,1-2H3,(H,15,16). The minimum atomic E-state index is -0.835. The van der Waals surface area contributed by atoms with Crippen molar-refractivity contribution in [3.05, 3.63) is 33.8 Å². The van der Waals surface area contributed by atoms with Crippen molar-refractivity contribution in [1.29, 1.82) is 0 Å². The molecule has 0 saturated carbocycles. The van der Waals surface area contributed by atoms with E-state index in [1.807, 2.05) is 0 Å². The SMILES string of the molecule is CC(C)(Cc1ccc(CF)c(Br)c1)C(=O)O. The summed E-state index contributed by atoms with van der Waals surface area (Å²) in [5.41, 5.74) is 0.657. The minimum absolute atomic E-state index is 0.424. The van der Waals surface area contributed by atoms with Crippen molar-refractivity contribution in [2.24, 2.45) is 5.41 Å². The first-order valence-electron chi connectivity index (χ1n) is 4.93. The second-order valence-corrected chi connectivity index (χ2v) is 5.28. The minimum Gasteiger partial charge on any atom is -0.481 e. The molecule has 2 nitrogen and oxygen atoms in total. The predicted molar refractivity (Wildman–Crippen MR) is 64.1 cm³/mol. The van der Waals surface area contributed by atoms with Gasteiger partial charge in [-0.1, -0.05) is 28.1 Å². The molecule has 0 atom stereocenters. The van der Waals surface area contributed by atoms with Crippen molar-refractivity contribution < 1.29 is 14.3 Å². The Labute approximate surface area is 103 Å². The molecule has 0 spiro atoms. The van der Waals surface area contributed by atoms with Gasteiger partial charge in [0.2, 0.25) is 0 Å². The number of rotatable bonds is 4. The van der Waals surface area contributed by atoms with Gasteiger partial charge >= 0.3 is 5.97 Å². The summed E-state index contributed by atoms with van der Waals surface area (Å²) in [6, 6.07) is 5.22. The number of alkyl halides is 1. The van der Waals surface area contributed by atoms with Gasteiger partial charge in [0.15, 0.2) is 0 Å². The van der Waals surface area contributed by atoms with Crippen molar-refractivity contribution in [3.63, 3.8) is 0 Å². The molecule has 0 unspecified atom stereocenters. The molecular weight excluding hydrogens is 275 g/mol. The van der Waals surface area contributed by atoms with Crippen LogP contribution in [0.15, 0.2) is 22.7 Å². The number of halogens is 2. The van der Waals surface area contributed by atoms with E-state index in [1.165, 1.54) is 0 Å². The van der Waals surface area contributed by atoms with Gasteiger partial charge in [-0.15, -0.1) is 0 Å². The van der Waals surface area contributed by atoms with E-state index in [9.17, 15) is 9.18 Å². The highest BCUT2D eigenvalue weighted by molar-refractivity contribution is 9.10. The summed E-state index contributed by atoms with van der Waals surface area (Å²) in [6.45, 7) is 2.82. The van der Waals surface area contributed by atoms with E-state index in [0.29, 0.717) is 16.5 Å². The van der Waals surface area contributed by atoms with Gasteiger partial charge in [-0.3, -0.25) is 4.79 Å². The number of carbonyl (C=O) groups is 1. The molecule has 0 aliphatic rings. The van der Waals surface area contributed by atoms with Crippen molar-refractivity contribution in [3.8, 4) is 0 Å². The molecule has 1 N–H and O–H groups in total. The van der Waals surface area contributed by atoms with Gasteiger partial charge < -0.3 is 5.11 Å². The van der Waals surface area contributed by atoms with Crippen LogP contribution < -0.4 is 0 Å². The zero-order valence-electron chi connectivity index (χ0n) is 9.26. The molecule has 4 heteroatoms. The fourth-order valence-corrected chi connectivity index (χ4v) is 1.93. The second-order valence-electron chi connectivity index (χ2n) is 4.43. The number of hydrogen-bond acceptors (Lipinski definition) is 1. The molecule has 1 rings (SSSR count). The molecule has 0 radical (unpaired) electrons. The molecule has 88 valence electrons. The molecule has 0 aliphatic carbocycles. The van der Waals surface area contributed by atoms with Crippen LogP contribution in [-0.2, 0) is 17.9 Å². The van der Waals surface area contributed by atoms with Crippen LogP contribution in [0.2, 0.25) is 0 Å². The van der Waals surface area contributed by atoms with Crippen LogP contribution >= 0.6 is 15.9 Å². The molecule has 1 aromatic carbocycles. The largest absolute Gasteiger partial charge is 0.481 e. The summed E-state index contributed by atoms with van der Waals surface area (Å²) >= 11 is 3.26.